The molecule has 1 atom stereocenters. The predicted octanol–water partition coefficient (Wildman–Crippen LogP) is 5.15. The van der Waals surface area contributed by atoms with Crippen LogP contribution in [0, 0.1) is 13.8 Å². The highest BCUT2D eigenvalue weighted by molar-refractivity contribution is 7.99. The van der Waals surface area contributed by atoms with Gasteiger partial charge in [0.25, 0.3) is 0 Å². The van der Waals surface area contributed by atoms with E-state index in [0.29, 0.717) is 28.8 Å². The minimum Gasteiger partial charge on any atom is -0.483 e. The quantitative estimate of drug-likeness (QED) is 0.254. The van der Waals surface area contributed by atoms with Crippen molar-refractivity contribution in [2.75, 3.05) is 11.1 Å². The van der Waals surface area contributed by atoms with Gasteiger partial charge in [-0.3, -0.25) is 14.2 Å². The van der Waals surface area contributed by atoms with E-state index >= 15 is 0 Å². The van der Waals surface area contributed by atoms with Gasteiger partial charge in [0, 0.05) is 17.8 Å². The number of hydrogen-bond acceptors (Lipinski definition) is 6. The number of nitrogens with zero attached hydrogens (tertiary/aromatic N) is 3. The second kappa shape index (κ2) is 11.0. The Morgan fingerprint density at radius 3 is 2.58 bits per heavy atom. The summed E-state index contributed by atoms with van der Waals surface area (Å²) in [6.07, 6.45) is 1.42. The first-order valence-corrected chi connectivity index (χ1v) is 11.6. The molecule has 0 bridgehead atoms. The van der Waals surface area contributed by atoms with Crippen LogP contribution in [0.4, 0.5) is 5.69 Å². The van der Waals surface area contributed by atoms with Crippen molar-refractivity contribution >= 4 is 29.1 Å². The van der Waals surface area contributed by atoms with Crippen LogP contribution in [0.3, 0.4) is 0 Å². The van der Waals surface area contributed by atoms with E-state index in [1.165, 1.54) is 18.7 Å². The molecular formula is C25H28N4O3S. The van der Waals surface area contributed by atoms with Crippen molar-refractivity contribution in [1.29, 1.82) is 0 Å². The van der Waals surface area contributed by atoms with Gasteiger partial charge >= 0.3 is 0 Å². The van der Waals surface area contributed by atoms with Crippen LogP contribution in [0.2, 0.25) is 0 Å². The van der Waals surface area contributed by atoms with Crippen LogP contribution >= 0.6 is 11.8 Å². The summed E-state index contributed by atoms with van der Waals surface area (Å²) in [5, 5.41) is 12.0. The Kier molecular flexibility index (Phi) is 8.06. The van der Waals surface area contributed by atoms with Crippen molar-refractivity contribution in [2.45, 2.75) is 45.5 Å². The third-order valence-corrected chi connectivity index (χ3v) is 5.78. The number of allylic oxidation sites excluding steroid dienone is 1. The zero-order valence-electron chi connectivity index (χ0n) is 19.3. The molecule has 2 aromatic carbocycles. The molecule has 0 aliphatic rings. The molecule has 1 aromatic heterocycles. The summed E-state index contributed by atoms with van der Waals surface area (Å²) < 4.78 is 8.02. The van der Waals surface area contributed by atoms with Crippen LogP contribution in [-0.4, -0.2) is 32.2 Å². The number of hydrogen-bond donors (Lipinski definition) is 1. The minimum atomic E-state index is -0.337. The molecule has 8 heteroatoms. The van der Waals surface area contributed by atoms with Crippen LogP contribution in [0.5, 0.6) is 5.75 Å². The molecule has 0 saturated heterocycles. The first kappa shape index (κ1) is 24.3. The van der Waals surface area contributed by atoms with E-state index in [4.69, 9.17) is 4.74 Å². The summed E-state index contributed by atoms with van der Waals surface area (Å²) in [5.41, 5.74) is 3.38. The van der Waals surface area contributed by atoms with Gasteiger partial charge in [0.2, 0.25) is 5.91 Å². The number of nitrogens with one attached hydrogen (secondary N) is 1. The Labute approximate surface area is 198 Å². The summed E-state index contributed by atoms with van der Waals surface area (Å²) in [6, 6.07) is 12.9. The van der Waals surface area contributed by atoms with Gasteiger partial charge < -0.3 is 10.1 Å². The Hall–Kier alpha value is -3.39. The first-order valence-electron chi connectivity index (χ1n) is 10.6. The third-order valence-electron chi connectivity index (χ3n) is 4.81. The lowest BCUT2D eigenvalue weighted by molar-refractivity contribution is -0.113. The monoisotopic (exact) mass is 464 g/mol. The van der Waals surface area contributed by atoms with Crippen LogP contribution in [-0.2, 0) is 11.3 Å². The van der Waals surface area contributed by atoms with Gasteiger partial charge in [-0.25, -0.2) is 0 Å². The van der Waals surface area contributed by atoms with E-state index in [-0.39, 0.29) is 23.5 Å². The highest BCUT2D eigenvalue weighted by atomic mass is 32.2. The topological polar surface area (TPSA) is 86.1 Å². The number of Topliss-reactive ketones (excluding diaryl/α,β-unsaturated/α-hetero) is 1. The zero-order chi connectivity index (χ0) is 24.0. The van der Waals surface area contributed by atoms with Gasteiger partial charge in [-0.1, -0.05) is 36.0 Å². The van der Waals surface area contributed by atoms with Crippen molar-refractivity contribution in [3.05, 3.63) is 77.6 Å². The first-order chi connectivity index (χ1) is 15.8. The molecule has 3 rings (SSSR count). The molecular weight excluding hydrogens is 436 g/mol. The van der Waals surface area contributed by atoms with E-state index in [9.17, 15) is 9.59 Å². The maximum atomic E-state index is 12.5. The van der Waals surface area contributed by atoms with E-state index in [2.05, 4.69) is 28.2 Å². The molecule has 1 unspecified atom stereocenters. The lowest BCUT2D eigenvalue weighted by Gasteiger charge is -2.16. The summed E-state index contributed by atoms with van der Waals surface area (Å²) in [6.45, 7) is 11.8. The van der Waals surface area contributed by atoms with Crippen LogP contribution in [0.15, 0.2) is 60.3 Å². The number of amides is 1. The van der Waals surface area contributed by atoms with Crippen molar-refractivity contribution < 1.29 is 14.3 Å². The molecule has 0 aliphatic heterocycles. The Morgan fingerprint density at radius 1 is 1.18 bits per heavy atom. The lowest BCUT2D eigenvalue weighted by atomic mass is 10.1. The SMILES string of the molecule is C=CCn1c(SCC(=O)Nc2cccc(C(C)=O)c2)nnc1C(C)Oc1cc(C)cc(C)c1. The number of aromatic nitrogens is 3. The van der Waals surface area contributed by atoms with Gasteiger partial charge in [0.15, 0.2) is 22.9 Å². The van der Waals surface area contributed by atoms with Crippen LogP contribution in [0.1, 0.15) is 47.3 Å². The maximum absolute atomic E-state index is 12.5. The Morgan fingerprint density at radius 2 is 1.91 bits per heavy atom. The van der Waals surface area contributed by atoms with E-state index in [1.54, 1.807) is 30.3 Å². The summed E-state index contributed by atoms with van der Waals surface area (Å²) in [4.78, 5) is 24.0. The molecule has 0 saturated carbocycles. The molecule has 0 aliphatic carbocycles. The van der Waals surface area contributed by atoms with Crippen molar-refractivity contribution in [3.63, 3.8) is 0 Å². The standard InChI is InChI=1S/C25H28N4O3S/c1-6-10-29-24(19(5)32-22-12-16(2)11-17(3)13-22)27-28-25(29)33-15-23(31)26-21-9-7-8-20(14-21)18(4)30/h6-9,11-14,19H,1,10,15H2,2-5H3,(H,26,31). The van der Waals surface area contributed by atoms with Gasteiger partial charge in [0.1, 0.15) is 5.75 Å². The highest BCUT2D eigenvalue weighted by Gasteiger charge is 2.20. The summed E-state index contributed by atoms with van der Waals surface area (Å²) in [7, 11) is 0. The number of ketones is 1. The highest BCUT2D eigenvalue weighted by Crippen LogP contribution is 2.26. The fraction of sp³-hybridized carbons (Fsp3) is 0.280. The smallest absolute Gasteiger partial charge is 0.234 e. The van der Waals surface area contributed by atoms with Gasteiger partial charge in [0.05, 0.1) is 5.75 Å². The molecule has 172 valence electrons. The average Bonchev–Trinajstić information content (AvgIpc) is 3.14. The molecule has 0 fully saturated rings. The number of ether oxygens (including phenoxy) is 1. The second-order valence-electron chi connectivity index (χ2n) is 7.80. The molecule has 3 aromatic rings. The second-order valence-corrected chi connectivity index (χ2v) is 8.74. The number of rotatable bonds is 10. The zero-order valence-corrected chi connectivity index (χ0v) is 20.1. The molecule has 1 heterocycles. The fourth-order valence-electron chi connectivity index (χ4n) is 3.41. The maximum Gasteiger partial charge on any atom is 0.234 e. The molecule has 1 N–H and O–H groups in total. The van der Waals surface area contributed by atoms with Crippen molar-refractivity contribution in [2.24, 2.45) is 0 Å². The number of aryl methyl sites for hydroxylation is 2. The largest absolute Gasteiger partial charge is 0.483 e. The number of carbonyl (C=O) groups is 2. The fourth-order valence-corrected chi connectivity index (χ4v) is 4.16. The van der Waals surface area contributed by atoms with E-state index in [1.807, 2.05) is 37.5 Å². The number of carbonyl (C=O) groups excluding carboxylic acids is 2. The number of benzene rings is 2. The van der Waals surface area contributed by atoms with E-state index < -0.39 is 0 Å². The molecule has 0 spiro atoms. The van der Waals surface area contributed by atoms with Crippen molar-refractivity contribution in [3.8, 4) is 5.75 Å². The van der Waals surface area contributed by atoms with Gasteiger partial charge in [-0.2, -0.15) is 0 Å². The van der Waals surface area contributed by atoms with E-state index in [0.717, 1.165) is 16.9 Å². The average molecular weight is 465 g/mol. The number of thioether (sulfide) groups is 1. The minimum absolute atomic E-state index is 0.0531. The van der Waals surface area contributed by atoms with Crippen LogP contribution < -0.4 is 10.1 Å². The number of anilines is 1. The van der Waals surface area contributed by atoms with Crippen LogP contribution in [0.25, 0.3) is 0 Å². The molecule has 0 radical (unpaired) electrons. The third kappa shape index (κ3) is 6.55. The van der Waals surface area contributed by atoms with Crippen molar-refractivity contribution in [1.82, 2.24) is 14.8 Å². The Balaban J connectivity index is 1.68. The Bertz CT molecular complexity index is 1150. The normalized spacial score (nSPS) is 11.6. The van der Waals surface area contributed by atoms with Gasteiger partial charge in [-0.15, -0.1) is 16.8 Å². The lowest BCUT2D eigenvalue weighted by Crippen LogP contribution is -2.16. The van der Waals surface area contributed by atoms with Gasteiger partial charge in [-0.05, 0) is 63.1 Å². The predicted molar refractivity (Wildman–Crippen MR) is 131 cm³/mol. The summed E-state index contributed by atoms with van der Waals surface area (Å²) >= 11 is 1.28. The summed E-state index contributed by atoms with van der Waals surface area (Å²) in [5.74, 6) is 1.32. The molecule has 1 amide bonds. The molecule has 33 heavy (non-hydrogen) atoms. The molecule has 7 nitrogen and oxygen atoms in total.